The highest BCUT2D eigenvalue weighted by atomic mass is 35.5. The molecule has 1 rings (SSSR count). The highest BCUT2D eigenvalue weighted by molar-refractivity contribution is 6.30. The Morgan fingerprint density at radius 3 is 2.67 bits per heavy atom. The number of halogens is 1. The predicted octanol–water partition coefficient (Wildman–Crippen LogP) is 2.80. The number of amides is 1. The Morgan fingerprint density at radius 1 is 1.33 bits per heavy atom. The summed E-state index contributed by atoms with van der Waals surface area (Å²) in [7, 11) is 0. The third-order valence-corrected chi connectivity index (χ3v) is 3.15. The number of rotatable bonds is 7. The molecule has 0 unspecified atom stereocenters. The van der Waals surface area contributed by atoms with Gasteiger partial charge in [-0.25, -0.2) is 0 Å². The standard InChI is InChI=1S/C14H21ClN2O/c1-3-17(4-2)10-6-9-16-14(18)12-7-5-8-13(15)11-12/h5,7-8,11H,3-4,6,9-10H2,1-2H3,(H,16,18). The van der Waals surface area contributed by atoms with E-state index in [2.05, 4.69) is 24.1 Å². The number of carbonyl (C=O) groups is 1. The fourth-order valence-corrected chi connectivity index (χ4v) is 1.97. The first-order valence-electron chi connectivity index (χ1n) is 6.43. The summed E-state index contributed by atoms with van der Waals surface area (Å²) in [6, 6.07) is 7.00. The molecule has 0 spiro atoms. The zero-order valence-electron chi connectivity index (χ0n) is 11.1. The topological polar surface area (TPSA) is 32.3 Å². The lowest BCUT2D eigenvalue weighted by molar-refractivity contribution is 0.0952. The van der Waals surface area contributed by atoms with E-state index in [0.717, 1.165) is 26.1 Å². The Kier molecular flexibility index (Phi) is 6.76. The molecule has 0 saturated carbocycles. The summed E-state index contributed by atoms with van der Waals surface area (Å²) in [6.07, 6.45) is 0.966. The minimum atomic E-state index is -0.0583. The van der Waals surface area contributed by atoms with Crippen molar-refractivity contribution in [3.63, 3.8) is 0 Å². The Bertz CT molecular complexity index is 378. The van der Waals surface area contributed by atoms with Crippen molar-refractivity contribution in [3.05, 3.63) is 34.9 Å². The van der Waals surface area contributed by atoms with Gasteiger partial charge in [-0.15, -0.1) is 0 Å². The Labute approximate surface area is 114 Å². The molecular formula is C14H21ClN2O. The summed E-state index contributed by atoms with van der Waals surface area (Å²) < 4.78 is 0. The van der Waals surface area contributed by atoms with Crippen LogP contribution in [0.1, 0.15) is 30.6 Å². The molecule has 0 heterocycles. The van der Waals surface area contributed by atoms with Crippen molar-refractivity contribution in [1.82, 2.24) is 10.2 Å². The van der Waals surface area contributed by atoms with Gasteiger partial charge < -0.3 is 10.2 Å². The largest absolute Gasteiger partial charge is 0.352 e. The van der Waals surface area contributed by atoms with Gasteiger partial charge in [0.1, 0.15) is 0 Å². The minimum Gasteiger partial charge on any atom is -0.352 e. The van der Waals surface area contributed by atoms with E-state index in [1.807, 2.05) is 0 Å². The van der Waals surface area contributed by atoms with E-state index < -0.39 is 0 Å². The van der Waals surface area contributed by atoms with E-state index in [9.17, 15) is 4.79 Å². The second kappa shape index (κ2) is 8.11. The van der Waals surface area contributed by atoms with Crippen LogP contribution in [0.2, 0.25) is 5.02 Å². The molecule has 0 radical (unpaired) electrons. The number of carbonyl (C=O) groups excluding carboxylic acids is 1. The molecule has 1 aromatic carbocycles. The van der Waals surface area contributed by atoms with Crippen molar-refractivity contribution < 1.29 is 4.79 Å². The van der Waals surface area contributed by atoms with Crippen molar-refractivity contribution in [2.24, 2.45) is 0 Å². The van der Waals surface area contributed by atoms with Gasteiger partial charge in [0.25, 0.3) is 5.91 Å². The summed E-state index contributed by atoms with van der Waals surface area (Å²) in [5.74, 6) is -0.0583. The summed E-state index contributed by atoms with van der Waals surface area (Å²) in [5, 5.41) is 3.49. The number of nitrogens with zero attached hydrogens (tertiary/aromatic N) is 1. The van der Waals surface area contributed by atoms with E-state index in [1.54, 1.807) is 24.3 Å². The van der Waals surface area contributed by atoms with Crippen molar-refractivity contribution >= 4 is 17.5 Å². The van der Waals surface area contributed by atoms with E-state index in [0.29, 0.717) is 17.1 Å². The molecule has 1 amide bonds. The summed E-state index contributed by atoms with van der Waals surface area (Å²) >= 11 is 5.84. The molecule has 0 aliphatic rings. The Morgan fingerprint density at radius 2 is 2.06 bits per heavy atom. The second-order valence-corrected chi connectivity index (χ2v) is 4.58. The minimum absolute atomic E-state index is 0.0583. The predicted molar refractivity (Wildman–Crippen MR) is 76.2 cm³/mol. The van der Waals surface area contributed by atoms with Crippen LogP contribution in [-0.2, 0) is 0 Å². The lowest BCUT2D eigenvalue weighted by atomic mass is 10.2. The zero-order valence-corrected chi connectivity index (χ0v) is 11.8. The first-order chi connectivity index (χ1) is 8.67. The molecule has 100 valence electrons. The molecule has 0 aliphatic heterocycles. The molecule has 3 nitrogen and oxygen atoms in total. The van der Waals surface area contributed by atoms with Gasteiger partial charge in [0.05, 0.1) is 0 Å². The average Bonchev–Trinajstić information content (AvgIpc) is 2.38. The third kappa shape index (κ3) is 5.07. The fraction of sp³-hybridized carbons (Fsp3) is 0.500. The van der Waals surface area contributed by atoms with Crippen LogP contribution >= 0.6 is 11.6 Å². The van der Waals surface area contributed by atoms with Crippen molar-refractivity contribution in [2.75, 3.05) is 26.2 Å². The summed E-state index contributed by atoms with van der Waals surface area (Å²) in [5.41, 5.74) is 0.616. The van der Waals surface area contributed by atoms with Crippen LogP contribution in [-0.4, -0.2) is 37.0 Å². The second-order valence-electron chi connectivity index (χ2n) is 4.15. The SMILES string of the molecule is CCN(CC)CCCNC(=O)c1cccc(Cl)c1. The molecule has 0 fully saturated rings. The molecule has 0 saturated heterocycles. The van der Waals surface area contributed by atoms with E-state index >= 15 is 0 Å². The van der Waals surface area contributed by atoms with Crippen LogP contribution in [0.3, 0.4) is 0 Å². The van der Waals surface area contributed by atoms with Gasteiger partial charge in [-0.3, -0.25) is 4.79 Å². The van der Waals surface area contributed by atoms with E-state index in [1.165, 1.54) is 0 Å². The lowest BCUT2D eigenvalue weighted by Gasteiger charge is -2.17. The maximum absolute atomic E-state index is 11.8. The molecule has 0 bridgehead atoms. The molecule has 1 aromatic rings. The van der Waals surface area contributed by atoms with Crippen molar-refractivity contribution in [2.45, 2.75) is 20.3 Å². The van der Waals surface area contributed by atoms with Crippen LogP contribution in [0, 0.1) is 0 Å². The quantitative estimate of drug-likeness (QED) is 0.772. The highest BCUT2D eigenvalue weighted by Gasteiger charge is 2.05. The van der Waals surface area contributed by atoms with E-state index in [-0.39, 0.29) is 5.91 Å². The first-order valence-corrected chi connectivity index (χ1v) is 6.81. The normalized spacial score (nSPS) is 10.7. The molecule has 0 atom stereocenters. The van der Waals surface area contributed by atoms with Crippen LogP contribution < -0.4 is 5.32 Å². The number of benzene rings is 1. The number of hydrogen-bond acceptors (Lipinski definition) is 2. The third-order valence-electron chi connectivity index (χ3n) is 2.92. The molecule has 0 aliphatic carbocycles. The highest BCUT2D eigenvalue weighted by Crippen LogP contribution is 2.10. The molecular weight excluding hydrogens is 248 g/mol. The van der Waals surface area contributed by atoms with Gasteiger partial charge >= 0.3 is 0 Å². The number of hydrogen-bond donors (Lipinski definition) is 1. The van der Waals surface area contributed by atoms with Crippen molar-refractivity contribution in [3.8, 4) is 0 Å². The molecule has 0 aromatic heterocycles. The maximum atomic E-state index is 11.8. The Balaban J connectivity index is 2.29. The fourth-order valence-electron chi connectivity index (χ4n) is 1.78. The molecule has 18 heavy (non-hydrogen) atoms. The van der Waals surface area contributed by atoms with Gasteiger partial charge in [-0.05, 0) is 44.3 Å². The summed E-state index contributed by atoms with van der Waals surface area (Å²) in [4.78, 5) is 14.1. The Hall–Kier alpha value is -1.06. The lowest BCUT2D eigenvalue weighted by Crippen LogP contribution is -2.29. The van der Waals surface area contributed by atoms with Crippen LogP contribution in [0.4, 0.5) is 0 Å². The van der Waals surface area contributed by atoms with Crippen molar-refractivity contribution in [1.29, 1.82) is 0 Å². The van der Waals surface area contributed by atoms with Crippen LogP contribution in [0.25, 0.3) is 0 Å². The van der Waals surface area contributed by atoms with Gasteiger partial charge in [0, 0.05) is 17.1 Å². The smallest absolute Gasteiger partial charge is 0.251 e. The zero-order chi connectivity index (χ0) is 13.4. The molecule has 4 heteroatoms. The van der Waals surface area contributed by atoms with Gasteiger partial charge in [0.2, 0.25) is 0 Å². The van der Waals surface area contributed by atoms with Gasteiger partial charge in [-0.2, -0.15) is 0 Å². The van der Waals surface area contributed by atoms with Gasteiger partial charge in [-0.1, -0.05) is 31.5 Å². The molecule has 1 N–H and O–H groups in total. The monoisotopic (exact) mass is 268 g/mol. The number of nitrogens with one attached hydrogen (secondary N) is 1. The van der Waals surface area contributed by atoms with Crippen LogP contribution in [0.5, 0.6) is 0 Å². The summed E-state index contributed by atoms with van der Waals surface area (Å²) in [6.45, 7) is 8.12. The van der Waals surface area contributed by atoms with Gasteiger partial charge in [0.15, 0.2) is 0 Å². The first kappa shape index (κ1) is 15.0. The van der Waals surface area contributed by atoms with Crippen LogP contribution in [0.15, 0.2) is 24.3 Å². The maximum Gasteiger partial charge on any atom is 0.251 e. The van der Waals surface area contributed by atoms with E-state index in [4.69, 9.17) is 11.6 Å². The average molecular weight is 269 g/mol.